The number of hydrogen-bond acceptors (Lipinski definition) is 2. The maximum absolute atomic E-state index is 11.7. The summed E-state index contributed by atoms with van der Waals surface area (Å²) in [4.78, 5) is 11.7. The van der Waals surface area contributed by atoms with E-state index in [1.165, 1.54) is 16.7 Å². The summed E-state index contributed by atoms with van der Waals surface area (Å²) in [5.41, 5.74) is 5.68. The Morgan fingerprint density at radius 3 is 2.12 bits per heavy atom. The van der Waals surface area contributed by atoms with Crippen LogP contribution in [0.25, 0.3) is 0 Å². The fourth-order valence-electron chi connectivity index (χ4n) is 4.17. The second-order valence-corrected chi connectivity index (χ2v) is 10.7. The maximum Gasteiger partial charge on any atom is 0.150 e. The van der Waals surface area contributed by atoms with Crippen molar-refractivity contribution in [2.24, 2.45) is 0 Å². The maximum atomic E-state index is 11.7. The van der Waals surface area contributed by atoms with Gasteiger partial charge in [-0.15, -0.1) is 0 Å². The van der Waals surface area contributed by atoms with Crippen molar-refractivity contribution in [3.8, 4) is 5.75 Å². The van der Waals surface area contributed by atoms with Crippen molar-refractivity contribution in [3.05, 3.63) is 131 Å². The van der Waals surface area contributed by atoms with E-state index in [-0.39, 0.29) is 5.16 Å². The van der Waals surface area contributed by atoms with Crippen LogP contribution in [0.15, 0.2) is 103 Å². The molecule has 0 saturated heterocycles. The van der Waals surface area contributed by atoms with Crippen LogP contribution in [-0.2, 0) is 18.2 Å². The molecule has 0 aliphatic heterocycles. The topological polar surface area (TPSA) is 26.3 Å². The Morgan fingerprint density at radius 2 is 1.44 bits per heavy atom. The molecule has 4 aromatic rings. The van der Waals surface area contributed by atoms with Gasteiger partial charge in [-0.2, -0.15) is 0 Å². The van der Waals surface area contributed by atoms with Crippen molar-refractivity contribution in [3.63, 3.8) is 0 Å². The number of aldehydes is 1. The molecule has 0 saturated carbocycles. The van der Waals surface area contributed by atoms with Gasteiger partial charge >= 0.3 is 0 Å². The SMILES string of the molecule is CCC(C)(Pc1ccccc1C=O)c1cc(Cc2ccccc2)ccc1OCc1ccccc1. The first-order valence-corrected chi connectivity index (χ1v) is 12.8. The molecule has 3 heteroatoms. The second-order valence-electron chi connectivity index (χ2n) is 8.78. The second kappa shape index (κ2) is 11.3. The van der Waals surface area contributed by atoms with Gasteiger partial charge in [0, 0.05) is 16.3 Å². The Hall–Kier alpha value is -3.22. The predicted octanol–water partition coefficient (Wildman–Crippen LogP) is 7.30. The van der Waals surface area contributed by atoms with E-state index < -0.39 is 0 Å². The normalized spacial score (nSPS) is 13.0. The lowest BCUT2D eigenvalue weighted by molar-refractivity contribution is 0.112. The molecule has 0 amide bonds. The number of hydrogen-bond donors (Lipinski definition) is 0. The van der Waals surface area contributed by atoms with Crippen LogP contribution in [0.3, 0.4) is 0 Å². The summed E-state index contributed by atoms with van der Waals surface area (Å²) in [6.07, 6.45) is 2.78. The van der Waals surface area contributed by atoms with Crippen LogP contribution in [0.4, 0.5) is 0 Å². The molecular weight excluding hydrogens is 435 g/mol. The number of ether oxygens (including phenoxy) is 1. The summed E-state index contributed by atoms with van der Waals surface area (Å²) in [7, 11) is 0.452. The van der Waals surface area contributed by atoms with Crippen molar-refractivity contribution in [1.29, 1.82) is 0 Å². The first kappa shape index (κ1) is 23.9. The summed E-state index contributed by atoms with van der Waals surface area (Å²) < 4.78 is 6.41. The molecule has 0 bridgehead atoms. The Balaban J connectivity index is 1.71. The molecule has 172 valence electrons. The average molecular weight is 467 g/mol. The molecule has 0 N–H and O–H groups in total. The molecular formula is C31H31O2P. The van der Waals surface area contributed by atoms with Gasteiger partial charge in [-0.25, -0.2) is 0 Å². The summed E-state index contributed by atoms with van der Waals surface area (Å²) in [5.74, 6) is 0.918. The molecule has 0 heterocycles. The van der Waals surface area contributed by atoms with E-state index in [4.69, 9.17) is 4.74 Å². The number of benzene rings is 4. The molecule has 0 radical (unpaired) electrons. The van der Waals surface area contributed by atoms with Gasteiger partial charge < -0.3 is 4.74 Å². The Labute approximate surface area is 204 Å². The van der Waals surface area contributed by atoms with Crippen LogP contribution in [0.2, 0.25) is 0 Å². The summed E-state index contributed by atoms with van der Waals surface area (Å²) in [6, 6.07) is 35.4. The van der Waals surface area contributed by atoms with Gasteiger partial charge in [0.25, 0.3) is 0 Å². The fraction of sp³-hybridized carbons (Fsp3) is 0.194. The van der Waals surface area contributed by atoms with E-state index in [0.29, 0.717) is 15.2 Å². The van der Waals surface area contributed by atoms with Crippen LogP contribution >= 0.6 is 8.58 Å². The van der Waals surface area contributed by atoms with Crippen molar-refractivity contribution in [2.45, 2.75) is 38.5 Å². The highest BCUT2D eigenvalue weighted by molar-refractivity contribution is 7.48. The molecule has 4 rings (SSSR count). The molecule has 2 atom stereocenters. The average Bonchev–Trinajstić information content (AvgIpc) is 2.89. The Kier molecular flexibility index (Phi) is 7.93. The van der Waals surface area contributed by atoms with E-state index in [1.54, 1.807) is 0 Å². The van der Waals surface area contributed by atoms with Crippen LogP contribution in [-0.4, -0.2) is 6.29 Å². The summed E-state index contributed by atoms with van der Waals surface area (Å²) in [5, 5.41) is 0.946. The van der Waals surface area contributed by atoms with Crippen LogP contribution in [0, 0.1) is 0 Å². The fourth-order valence-corrected chi connectivity index (χ4v) is 5.74. The first-order chi connectivity index (χ1) is 16.6. The molecule has 0 aliphatic carbocycles. The molecule has 0 spiro atoms. The third-order valence-corrected chi connectivity index (χ3v) is 8.23. The van der Waals surface area contributed by atoms with Crippen molar-refractivity contribution >= 4 is 20.2 Å². The molecule has 2 unspecified atom stereocenters. The van der Waals surface area contributed by atoms with Crippen molar-refractivity contribution < 1.29 is 9.53 Å². The zero-order valence-corrected chi connectivity index (χ0v) is 20.8. The third-order valence-electron chi connectivity index (χ3n) is 6.33. The highest BCUT2D eigenvalue weighted by Gasteiger charge is 2.30. The Bertz CT molecular complexity index is 1220. The monoisotopic (exact) mass is 466 g/mol. The molecule has 0 aromatic heterocycles. The zero-order valence-electron chi connectivity index (χ0n) is 19.8. The Morgan fingerprint density at radius 1 is 0.794 bits per heavy atom. The number of carbonyl (C=O) groups is 1. The van der Waals surface area contributed by atoms with Crippen LogP contribution in [0.1, 0.15) is 52.9 Å². The van der Waals surface area contributed by atoms with Crippen LogP contribution in [0.5, 0.6) is 5.75 Å². The summed E-state index contributed by atoms with van der Waals surface area (Å²) >= 11 is 0. The van der Waals surface area contributed by atoms with Gasteiger partial charge in [0.1, 0.15) is 12.4 Å². The molecule has 4 aromatic carbocycles. The summed E-state index contributed by atoms with van der Waals surface area (Å²) in [6.45, 7) is 5.05. The van der Waals surface area contributed by atoms with Gasteiger partial charge in [0.05, 0.1) is 0 Å². The van der Waals surface area contributed by atoms with E-state index in [0.717, 1.165) is 41.3 Å². The smallest absolute Gasteiger partial charge is 0.150 e. The van der Waals surface area contributed by atoms with Crippen molar-refractivity contribution in [1.82, 2.24) is 0 Å². The third kappa shape index (κ3) is 5.82. The standard InChI is InChI=1S/C31H31O2P/c1-3-31(2,34-30-17-11-10-16-27(30)22-32)28-21-26(20-24-12-6-4-7-13-24)18-19-29(28)33-23-25-14-8-5-9-15-25/h4-19,21-22,34H,3,20,23H2,1-2H3. The van der Waals surface area contributed by atoms with Gasteiger partial charge in [0.2, 0.25) is 0 Å². The highest BCUT2D eigenvalue weighted by Crippen LogP contribution is 2.48. The minimum absolute atomic E-state index is 0.155. The van der Waals surface area contributed by atoms with Gasteiger partial charge in [-0.05, 0) is 40.9 Å². The van der Waals surface area contributed by atoms with Gasteiger partial charge in [-0.3, -0.25) is 4.79 Å². The predicted molar refractivity (Wildman–Crippen MR) is 144 cm³/mol. The molecule has 0 aliphatic rings. The zero-order chi connectivity index (χ0) is 23.8. The van der Waals surface area contributed by atoms with E-state index in [2.05, 4.69) is 80.6 Å². The molecule has 34 heavy (non-hydrogen) atoms. The van der Waals surface area contributed by atoms with Gasteiger partial charge in [-0.1, -0.05) is 119 Å². The lowest BCUT2D eigenvalue weighted by Crippen LogP contribution is -2.21. The molecule has 0 fully saturated rings. The number of carbonyl (C=O) groups excluding carboxylic acids is 1. The largest absolute Gasteiger partial charge is 0.489 e. The number of rotatable bonds is 10. The minimum Gasteiger partial charge on any atom is -0.489 e. The first-order valence-electron chi connectivity index (χ1n) is 11.8. The highest BCUT2D eigenvalue weighted by atomic mass is 31.1. The van der Waals surface area contributed by atoms with Gasteiger partial charge in [0.15, 0.2) is 6.29 Å². The van der Waals surface area contributed by atoms with E-state index >= 15 is 0 Å². The van der Waals surface area contributed by atoms with E-state index in [9.17, 15) is 4.79 Å². The van der Waals surface area contributed by atoms with E-state index in [1.807, 2.05) is 36.4 Å². The van der Waals surface area contributed by atoms with Crippen LogP contribution < -0.4 is 10.0 Å². The lowest BCUT2D eigenvalue weighted by Gasteiger charge is -2.32. The lowest BCUT2D eigenvalue weighted by atomic mass is 9.93. The molecule has 2 nitrogen and oxygen atoms in total. The quantitative estimate of drug-likeness (QED) is 0.181. The minimum atomic E-state index is -0.155. The van der Waals surface area contributed by atoms with Crippen molar-refractivity contribution in [2.75, 3.05) is 0 Å².